The number of Topliss-reactive ketones (excluding diaryl/α,β-unsaturated/α-hetero) is 1. The van der Waals surface area contributed by atoms with Crippen LogP contribution >= 0.6 is 0 Å². The molecule has 1 nitrogen and oxygen atoms in total. The Kier molecular flexibility index (Phi) is 5.09. The van der Waals surface area contributed by atoms with Gasteiger partial charge in [0.1, 0.15) is 5.78 Å². The molecular weight excluding hydrogens is 184 g/mol. The lowest BCUT2D eigenvalue weighted by molar-refractivity contribution is -0.120. The molecule has 1 heteroatoms. The standard InChI is InChI=1S/C8H10.C6H10O/c1-7-3-5-8(2)6-4-7;7-6-4-2-1-3-5-6/h3-6H,1-2H3;1-5H2. The first-order valence-electron chi connectivity index (χ1n) is 5.73. The zero-order chi connectivity index (χ0) is 11.1. The Morgan fingerprint density at radius 3 is 1.47 bits per heavy atom. The summed E-state index contributed by atoms with van der Waals surface area (Å²) in [5.74, 6) is 0.464. The first-order valence-corrected chi connectivity index (χ1v) is 5.73. The van der Waals surface area contributed by atoms with Gasteiger partial charge in [-0.25, -0.2) is 0 Å². The topological polar surface area (TPSA) is 17.1 Å². The molecule has 1 aromatic carbocycles. The highest BCUT2D eigenvalue weighted by Gasteiger charge is 2.05. The Hall–Kier alpha value is -1.11. The maximum absolute atomic E-state index is 10.5. The van der Waals surface area contributed by atoms with Crippen molar-refractivity contribution in [1.29, 1.82) is 0 Å². The first-order chi connectivity index (χ1) is 7.18. The molecule has 0 bridgehead atoms. The van der Waals surface area contributed by atoms with Gasteiger partial charge in [0.2, 0.25) is 0 Å². The van der Waals surface area contributed by atoms with Crippen molar-refractivity contribution in [3.8, 4) is 0 Å². The highest BCUT2D eigenvalue weighted by atomic mass is 16.1. The van der Waals surface area contributed by atoms with Gasteiger partial charge in [0.05, 0.1) is 0 Å². The lowest BCUT2D eigenvalue weighted by Crippen LogP contribution is -2.02. The summed E-state index contributed by atoms with van der Waals surface area (Å²) in [6.07, 6.45) is 5.24. The summed E-state index contributed by atoms with van der Waals surface area (Å²) < 4.78 is 0. The van der Waals surface area contributed by atoms with E-state index in [1.807, 2.05) is 0 Å². The molecule has 1 aliphatic carbocycles. The number of carbonyl (C=O) groups excluding carboxylic acids is 1. The van der Waals surface area contributed by atoms with Gasteiger partial charge in [-0.15, -0.1) is 0 Å². The lowest BCUT2D eigenvalue weighted by Gasteiger charge is -2.05. The number of aryl methyl sites for hydroxylation is 2. The monoisotopic (exact) mass is 204 g/mol. The molecule has 0 amide bonds. The van der Waals surface area contributed by atoms with E-state index >= 15 is 0 Å². The molecule has 0 aliphatic heterocycles. The molecule has 0 heterocycles. The highest BCUT2D eigenvalue weighted by molar-refractivity contribution is 5.78. The van der Waals surface area contributed by atoms with Crippen LogP contribution in [0.1, 0.15) is 43.2 Å². The van der Waals surface area contributed by atoms with E-state index in [0.29, 0.717) is 5.78 Å². The van der Waals surface area contributed by atoms with Gasteiger partial charge < -0.3 is 0 Å². The minimum absolute atomic E-state index is 0.464. The van der Waals surface area contributed by atoms with Crippen LogP contribution in [0.2, 0.25) is 0 Å². The third-order valence-corrected chi connectivity index (χ3v) is 2.63. The fourth-order valence-corrected chi connectivity index (χ4v) is 1.58. The highest BCUT2D eigenvalue weighted by Crippen LogP contribution is 2.12. The molecule has 0 spiro atoms. The van der Waals surface area contributed by atoms with Gasteiger partial charge in [0.25, 0.3) is 0 Å². The van der Waals surface area contributed by atoms with E-state index < -0.39 is 0 Å². The van der Waals surface area contributed by atoms with Crippen molar-refractivity contribution in [2.75, 3.05) is 0 Å². The minimum atomic E-state index is 0.464. The van der Waals surface area contributed by atoms with Crippen LogP contribution in [0.15, 0.2) is 24.3 Å². The van der Waals surface area contributed by atoms with Crippen LogP contribution in [0.4, 0.5) is 0 Å². The van der Waals surface area contributed by atoms with Gasteiger partial charge in [-0.3, -0.25) is 4.79 Å². The average molecular weight is 204 g/mol. The van der Waals surface area contributed by atoms with E-state index in [-0.39, 0.29) is 0 Å². The molecule has 0 N–H and O–H groups in total. The van der Waals surface area contributed by atoms with Gasteiger partial charge in [-0.05, 0) is 26.7 Å². The molecule has 1 aromatic rings. The van der Waals surface area contributed by atoms with Gasteiger partial charge in [-0.1, -0.05) is 41.8 Å². The number of hydrogen-bond donors (Lipinski definition) is 0. The van der Waals surface area contributed by atoms with E-state index in [0.717, 1.165) is 25.7 Å². The summed E-state index contributed by atoms with van der Waals surface area (Å²) in [7, 11) is 0. The summed E-state index contributed by atoms with van der Waals surface area (Å²) in [6, 6.07) is 8.48. The fourth-order valence-electron chi connectivity index (χ4n) is 1.58. The molecule has 2 rings (SSSR count). The summed E-state index contributed by atoms with van der Waals surface area (Å²) >= 11 is 0. The van der Waals surface area contributed by atoms with Gasteiger partial charge in [0.15, 0.2) is 0 Å². The zero-order valence-corrected chi connectivity index (χ0v) is 9.75. The quantitative estimate of drug-likeness (QED) is 0.628. The van der Waals surface area contributed by atoms with Crippen LogP contribution < -0.4 is 0 Å². The molecule has 15 heavy (non-hydrogen) atoms. The van der Waals surface area contributed by atoms with E-state index in [1.54, 1.807) is 0 Å². The van der Waals surface area contributed by atoms with Crippen molar-refractivity contribution >= 4 is 5.78 Å². The largest absolute Gasteiger partial charge is 0.300 e. The molecule has 0 unspecified atom stereocenters. The molecular formula is C14H20O. The third kappa shape index (κ3) is 5.36. The van der Waals surface area contributed by atoms with Gasteiger partial charge in [0, 0.05) is 12.8 Å². The van der Waals surface area contributed by atoms with Crippen molar-refractivity contribution in [3.05, 3.63) is 35.4 Å². The number of ketones is 1. The predicted molar refractivity (Wildman–Crippen MR) is 64.0 cm³/mol. The van der Waals surface area contributed by atoms with Crippen molar-refractivity contribution in [2.45, 2.75) is 46.0 Å². The summed E-state index contributed by atoms with van der Waals surface area (Å²) in [5.41, 5.74) is 2.66. The average Bonchev–Trinajstić information content (AvgIpc) is 2.25. The summed E-state index contributed by atoms with van der Waals surface area (Å²) in [5, 5.41) is 0. The predicted octanol–water partition coefficient (Wildman–Crippen LogP) is 3.82. The van der Waals surface area contributed by atoms with Crippen molar-refractivity contribution < 1.29 is 4.79 Å². The molecule has 1 fully saturated rings. The van der Waals surface area contributed by atoms with Crippen LogP contribution in [-0.4, -0.2) is 5.78 Å². The molecule has 1 aliphatic rings. The number of carbonyl (C=O) groups is 1. The molecule has 0 saturated heterocycles. The number of rotatable bonds is 0. The van der Waals surface area contributed by atoms with Crippen molar-refractivity contribution in [3.63, 3.8) is 0 Å². The normalized spacial score (nSPS) is 15.5. The van der Waals surface area contributed by atoms with Crippen molar-refractivity contribution in [2.24, 2.45) is 0 Å². The fraction of sp³-hybridized carbons (Fsp3) is 0.500. The number of hydrogen-bond acceptors (Lipinski definition) is 1. The van der Waals surface area contributed by atoms with Gasteiger partial charge in [-0.2, -0.15) is 0 Å². The second kappa shape index (κ2) is 6.39. The molecule has 0 radical (unpaired) electrons. The van der Waals surface area contributed by atoms with Gasteiger partial charge >= 0.3 is 0 Å². The maximum atomic E-state index is 10.5. The maximum Gasteiger partial charge on any atom is 0.132 e. The van der Waals surface area contributed by atoms with Crippen LogP contribution in [0.25, 0.3) is 0 Å². The second-order valence-electron chi connectivity index (χ2n) is 4.25. The Bertz CT molecular complexity index is 269. The molecule has 82 valence electrons. The van der Waals surface area contributed by atoms with Crippen LogP contribution in [0.3, 0.4) is 0 Å². The van der Waals surface area contributed by atoms with E-state index in [2.05, 4.69) is 38.1 Å². The lowest BCUT2D eigenvalue weighted by atomic mass is 10.00. The van der Waals surface area contributed by atoms with Crippen molar-refractivity contribution in [1.82, 2.24) is 0 Å². The molecule has 0 atom stereocenters. The van der Waals surface area contributed by atoms with E-state index in [4.69, 9.17) is 0 Å². The smallest absolute Gasteiger partial charge is 0.132 e. The number of benzene rings is 1. The Balaban J connectivity index is 0.000000151. The summed E-state index contributed by atoms with van der Waals surface area (Å²) in [4.78, 5) is 10.5. The third-order valence-electron chi connectivity index (χ3n) is 2.63. The Morgan fingerprint density at radius 1 is 0.800 bits per heavy atom. The van der Waals surface area contributed by atoms with Crippen LogP contribution in [-0.2, 0) is 4.79 Å². The summed E-state index contributed by atoms with van der Waals surface area (Å²) in [6.45, 7) is 4.19. The second-order valence-corrected chi connectivity index (χ2v) is 4.25. The first kappa shape index (κ1) is 12.0. The Morgan fingerprint density at radius 2 is 1.20 bits per heavy atom. The minimum Gasteiger partial charge on any atom is -0.300 e. The van der Waals surface area contributed by atoms with Crippen LogP contribution in [0.5, 0.6) is 0 Å². The molecule has 1 saturated carbocycles. The molecule has 0 aromatic heterocycles. The van der Waals surface area contributed by atoms with E-state index in [9.17, 15) is 4.79 Å². The Labute approximate surface area is 92.5 Å². The zero-order valence-electron chi connectivity index (χ0n) is 9.75. The van der Waals surface area contributed by atoms with E-state index in [1.165, 1.54) is 17.5 Å². The van der Waals surface area contributed by atoms with Crippen LogP contribution in [0, 0.1) is 13.8 Å². The SMILES string of the molecule is Cc1ccc(C)cc1.O=C1CCCCC1.